The first-order valence-electron chi connectivity index (χ1n) is 6.16. The second-order valence-corrected chi connectivity index (χ2v) is 6.18. The van der Waals surface area contributed by atoms with E-state index in [1.165, 1.54) is 0 Å². The average Bonchev–Trinajstić information content (AvgIpc) is 2.75. The van der Waals surface area contributed by atoms with Gasteiger partial charge in [0, 0.05) is 23.1 Å². The number of rotatable bonds is 3. The zero-order valence-electron chi connectivity index (χ0n) is 11.0. The van der Waals surface area contributed by atoms with Crippen molar-refractivity contribution < 1.29 is 4.52 Å². The number of benzene rings is 1. The molecule has 0 saturated heterocycles. The van der Waals surface area contributed by atoms with Gasteiger partial charge in [-0.05, 0) is 24.0 Å². The van der Waals surface area contributed by atoms with Crippen molar-refractivity contribution in [1.29, 1.82) is 0 Å². The Hall–Kier alpha value is -1.28. The van der Waals surface area contributed by atoms with Crippen LogP contribution in [0, 0.1) is 5.41 Å². The molecule has 0 aliphatic heterocycles. The molecule has 0 bridgehead atoms. The first-order chi connectivity index (χ1) is 8.44. The van der Waals surface area contributed by atoms with Crippen molar-refractivity contribution in [3.63, 3.8) is 0 Å². The fourth-order valence-electron chi connectivity index (χ4n) is 1.69. The van der Waals surface area contributed by atoms with Crippen molar-refractivity contribution >= 4 is 11.6 Å². The van der Waals surface area contributed by atoms with E-state index in [2.05, 4.69) is 25.9 Å². The number of hydrogen-bond acceptors (Lipinski definition) is 2. The predicted molar refractivity (Wildman–Crippen MR) is 74.7 cm³/mol. The van der Waals surface area contributed by atoms with Crippen LogP contribution in [0.4, 0.5) is 0 Å². The molecule has 0 fully saturated rings. The number of aryl methyl sites for hydroxylation is 1. The summed E-state index contributed by atoms with van der Waals surface area (Å²) in [6.07, 6.45) is 2.01. The second kappa shape index (κ2) is 5.15. The molecule has 0 aliphatic carbocycles. The fourth-order valence-corrected chi connectivity index (χ4v) is 1.81. The molecule has 2 rings (SSSR count). The first kappa shape index (κ1) is 13.2. The van der Waals surface area contributed by atoms with E-state index in [0.29, 0.717) is 5.41 Å². The third-order valence-electron chi connectivity index (χ3n) is 2.82. The molecule has 0 unspecified atom stereocenters. The maximum absolute atomic E-state index is 5.86. The summed E-state index contributed by atoms with van der Waals surface area (Å²) < 4.78 is 5.36. The number of nitrogens with zero attached hydrogens (tertiary/aromatic N) is 1. The van der Waals surface area contributed by atoms with Crippen LogP contribution in [0.2, 0.25) is 5.02 Å². The van der Waals surface area contributed by atoms with Gasteiger partial charge in [-0.3, -0.25) is 0 Å². The number of aromatic nitrogens is 1. The van der Waals surface area contributed by atoms with Crippen LogP contribution >= 0.6 is 11.6 Å². The van der Waals surface area contributed by atoms with E-state index in [9.17, 15) is 0 Å². The topological polar surface area (TPSA) is 26.0 Å². The van der Waals surface area contributed by atoms with E-state index in [-0.39, 0.29) is 0 Å². The van der Waals surface area contributed by atoms with E-state index in [1.54, 1.807) is 0 Å². The van der Waals surface area contributed by atoms with Crippen LogP contribution in [0.15, 0.2) is 34.9 Å². The SMILES string of the molecule is CC(C)(C)CCc1cc(-c2ccc(Cl)cc2)no1. The van der Waals surface area contributed by atoms with Gasteiger partial charge in [-0.2, -0.15) is 0 Å². The van der Waals surface area contributed by atoms with Gasteiger partial charge in [-0.1, -0.05) is 49.7 Å². The standard InChI is InChI=1S/C15H18ClNO/c1-15(2,3)9-8-13-10-14(17-18-13)11-4-6-12(16)7-5-11/h4-7,10H,8-9H2,1-3H3. The van der Waals surface area contributed by atoms with Gasteiger partial charge in [0.25, 0.3) is 0 Å². The molecule has 0 atom stereocenters. The minimum Gasteiger partial charge on any atom is -0.361 e. The molecule has 2 aromatic rings. The lowest BCUT2D eigenvalue weighted by molar-refractivity contribution is 0.333. The summed E-state index contributed by atoms with van der Waals surface area (Å²) in [6.45, 7) is 6.68. The minimum absolute atomic E-state index is 0.313. The lowest BCUT2D eigenvalue weighted by Crippen LogP contribution is -2.05. The Kier molecular flexibility index (Phi) is 3.76. The van der Waals surface area contributed by atoms with Gasteiger partial charge in [0.05, 0.1) is 0 Å². The van der Waals surface area contributed by atoms with Gasteiger partial charge in [-0.25, -0.2) is 0 Å². The second-order valence-electron chi connectivity index (χ2n) is 5.75. The fraction of sp³-hybridized carbons (Fsp3) is 0.400. The molecule has 3 heteroatoms. The van der Waals surface area contributed by atoms with Gasteiger partial charge in [0.15, 0.2) is 0 Å². The number of hydrogen-bond donors (Lipinski definition) is 0. The van der Waals surface area contributed by atoms with Gasteiger partial charge in [0.1, 0.15) is 11.5 Å². The summed E-state index contributed by atoms with van der Waals surface area (Å²) in [5, 5.41) is 4.83. The molecule has 18 heavy (non-hydrogen) atoms. The molecule has 1 heterocycles. The van der Waals surface area contributed by atoms with E-state index >= 15 is 0 Å². The van der Waals surface area contributed by atoms with E-state index in [1.807, 2.05) is 30.3 Å². The Morgan fingerprint density at radius 1 is 1.17 bits per heavy atom. The molecule has 0 aliphatic rings. The van der Waals surface area contributed by atoms with E-state index < -0.39 is 0 Å². The maximum Gasteiger partial charge on any atom is 0.137 e. The summed E-state index contributed by atoms with van der Waals surface area (Å²) in [6, 6.07) is 9.64. The van der Waals surface area contributed by atoms with Crippen molar-refractivity contribution in [2.45, 2.75) is 33.6 Å². The molecule has 96 valence electrons. The third-order valence-corrected chi connectivity index (χ3v) is 3.07. The Labute approximate surface area is 113 Å². The highest BCUT2D eigenvalue weighted by Crippen LogP contribution is 2.25. The van der Waals surface area contributed by atoms with Crippen LogP contribution in [0.5, 0.6) is 0 Å². The summed E-state index contributed by atoms with van der Waals surface area (Å²) in [4.78, 5) is 0. The van der Waals surface area contributed by atoms with Crippen molar-refractivity contribution in [3.05, 3.63) is 41.1 Å². The molecule has 0 amide bonds. The Morgan fingerprint density at radius 2 is 1.83 bits per heavy atom. The summed E-state index contributed by atoms with van der Waals surface area (Å²) in [5.41, 5.74) is 2.22. The molecule has 0 spiro atoms. The molecular weight excluding hydrogens is 246 g/mol. The average molecular weight is 264 g/mol. The number of halogens is 1. The summed E-state index contributed by atoms with van der Waals surface area (Å²) in [5.74, 6) is 0.940. The highest BCUT2D eigenvalue weighted by Gasteiger charge is 2.13. The Bertz CT molecular complexity index is 508. The highest BCUT2D eigenvalue weighted by atomic mass is 35.5. The van der Waals surface area contributed by atoms with Crippen LogP contribution in [0.25, 0.3) is 11.3 Å². The van der Waals surface area contributed by atoms with Crippen LogP contribution in [-0.4, -0.2) is 5.16 Å². The molecular formula is C15H18ClNO. The zero-order chi connectivity index (χ0) is 13.2. The van der Waals surface area contributed by atoms with Crippen molar-refractivity contribution in [3.8, 4) is 11.3 Å². The smallest absolute Gasteiger partial charge is 0.137 e. The van der Waals surface area contributed by atoms with Crippen LogP contribution in [-0.2, 0) is 6.42 Å². The monoisotopic (exact) mass is 263 g/mol. The molecule has 0 N–H and O–H groups in total. The minimum atomic E-state index is 0.313. The van der Waals surface area contributed by atoms with Crippen LogP contribution in [0.1, 0.15) is 33.0 Å². The quantitative estimate of drug-likeness (QED) is 0.781. The van der Waals surface area contributed by atoms with Gasteiger partial charge >= 0.3 is 0 Å². The molecule has 0 saturated carbocycles. The summed E-state index contributed by atoms with van der Waals surface area (Å²) in [7, 11) is 0. The molecule has 1 aromatic heterocycles. The van der Waals surface area contributed by atoms with Crippen molar-refractivity contribution in [1.82, 2.24) is 5.16 Å². The normalized spacial score (nSPS) is 11.8. The van der Waals surface area contributed by atoms with Gasteiger partial charge in [-0.15, -0.1) is 0 Å². The summed E-state index contributed by atoms with van der Waals surface area (Å²) >= 11 is 5.86. The molecule has 2 nitrogen and oxygen atoms in total. The predicted octanol–water partition coefficient (Wildman–Crippen LogP) is 4.97. The van der Waals surface area contributed by atoms with Gasteiger partial charge in [0.2, 0.25) is 0 Å². The molecule has 0 radical (unpaired) electrons. The highest BCUT2D eigenvalue weighted by molar-refractivity contribution is 6.30. The Morgan fingerprint density at radius 3 is 2.44 bits per heavy atom. The lowest BCUT2D eigenvalue weighted by Gasteiger charge is -2.16. The van der Waals surface area contributed by atoms with Crippen molar-refractivity contribution in [2.24, 2.45) is 5.41 Å². The third kappa shape index (κ3) is 3.61. The zero-order valence-corrected chi connectivity index (χ0v) is 11.8. The molecule has 1 aromatic carbocycles. The van der Waals surface area contributed by atoms with Crippen LogP contribution < -0.4 is 0 Å². The van der Waals surface area contributed by atoms with Crippen LogP contribution in [0.3, 0.4) is 0 Å². The maximum atomic E-state index is 5.86. The van der Waals surface area contributed by atoms with Crippen molar-refractivity contribution in [2.75, 3.05) is 0 Å². The van der Waals surface area contributed by atoms with E-state index in [4.69, 9.17) is 16.1 Å². The van der Waals surface area contributed by atoms with Gasteiger partial charge < -0.3 is 4.52 Å². The lowest BCUT2D eigenvalue weighted by atomic mass is 9.90. The van der Waals surface area contributed by atoms with E-state index in [0.717, 1.165) is 34.9 Å². The Balaban J connectivity index is 2.08. The largest absolute Gasteiger partial charge is 0.361 e. The first-order valence-corrected chi connectivity index (χ1v) is 6.53.